The van der Waals surface area contributed by atoms with E-state index in [1.54, 1.807) is 22.6 Å². The second kappa shape index (κ2) is 2.02. The van der Waals surface area contributed by atoms with Crippen LogP contribution < -0.4 is 0 Å². The van der Waals surface area contributed by atoms with Crippen molar-refractivity contribution in [2.45, 2.75) is 0 Å². The van der Waals surface area contributed by atoms with E-state index >= 15 is 0 Å². The molecule has 3 heteroatoms. The zero-order chi connectivity index (χ0) is 5.11. The molecule has 0 aromatic carbocycles. The molecule has 0 saturated carbocycles. The molecular formula is C4H6N2S. The van der Waals surface area contributed by atoms with E-state index in [1.807, 2.05) is 18.5 Å². The van der Waals surface area contributed by atoms with E-state index in [-0.39, 0.29) is 0 Å². The van der Waals surface area contributed by atoms with Crippen LogP contribution in [0.2, 0.25) is 0 Å². The third-order valence-electron chi connectivity index (χ3n) is 0.607. The SMILES string of the molecule is CN1N=CC=CS1. The van der Waals surface area contributed by atoms with Crippen LogP contribution in [0.25, 0.3) is 0 Å². The van der Waals surface area contributed by atoms with E-state index in [9.17, 15) is 0 Å². The molecule has 0 atom stereocenters. The van der Waals surface area contributed by atoms with Gasteiger partial charge in [-0.25, -0.2) is 4.41 Å². The molecule has 2 nitrogen and oxygen atoms in total. The molecule has 0 bridgehead atoms. The van der Waals surface area contributed by atoms with Crippen LogP contribution in [0.4, 0.5) is 0 Å². The van der Waals surface area contributed by atoms with Gasteiger partial charge in [-0.05, 0) is 23.4 Å². The lowest BCUT2D eigenvalue weighted by Crippen LogP contribution is -1.99. The van der Waals surface area contributed by atoms with Crippen LogP contribution in [-0.4, -0.2) is 17.7 Å². The minimum Gasteiger partial charge on any atom is -0.238 e. The highest BCUT2D eigenvalue weighted by atomic mass is 32.2. The fourth-order valence-corrected chi connectivity index (χ4v) is 0.743. The van der Waals surface area contributed by atoms with Crippen molar-refractivity contribution in [2.24, 2.45) is 5.10 Å². The van der Waals surface area contributed by atoms with E-state index in [0.29, 0.717) is 0 Å². The Kier molecular flexibility index (Phi) is 1.36. The molecule has 1 aliphatic heterocycles. The maximum Gasteiger partial charge on any atom is 0.0486 e. The molecule has 0 aliphatic carbocycles. The summed E-state index contributed by atoms with van der Waals surface area (Å²) in [4.78, 5) is 0. The molecule has 7 heavy (non-hydrogen) atoms. The topological polar surface area (TPSA) is 15.6 Å². The molecule has 0 amide bonds. The number of hydrogen-bond acceptors (Lipinski definition) is 3. The fraction of sp³-hybridized carbons (Fsp3) is 0.250. The first kappa shape index (κ1) is 4.71. The second-order valence-electron chi connectivity index (χ2n) is 1.16. The highest BCUT2D eigenvalue weighted by Crippen LogP contribution is 2.09. The standard InChI is InChI=1S/C4H6N2S/c1-6-5-3-2-4-7-6/h2-4H,1H3. The highest BCUT2D eigenvalue weighted by molar-refractivity contribution is 7.99. The van der Waals surface area contributed by atoms with E-state index in [0.717, 1.165) is 0 Å². The predicted molar refractivity (Wildman–Crippen MR) is 33.0 cm³/mol. The van der Waals surface area contributed by atoms with Crippen LogP contribution in [0.1, 0.15) is 0 Å². The normalized spacial score (nSPS) is 18.1. The fourth-order valence-electron chi connectivity index (χ4n) is 0.318. The lowest BCUT2D eigenvalue weighted by molar-refractivity contribution is 0.622. The largest absolute Gasteiger partial charge is 0.238 e. The van der Waals surface area contributed by atoms with Gasteiger partial charge in [-0.3, -0.25) is 0 Å². The Morgan fingerprint density at radius 2 is 2.57 bits per heavy atom. The Balaban J connectivity index is 2.49. The molecule has 1 heterocycles. The molecule has 0 saturated heterocycles. The van der Waals surface area contributed by atoms with Crippen LogP contribution in [0.5, 0.6) is 0 Å². The lowest BCUT2D eigenvalue weighted by Gasteiger charge is -2.08. The first-order chi connectivity index (χ1) is 3.39. The van der Waals surface area contributed by atoms with Crippen LogP contribution in [0.3, 0.4) is 0 Å². The van der Waals surface area contributed by atoms with Crippen molar-refractivity contribution in [3.8, 4) is 0 Å². The van der Waals surface area contributed by atoms with Gasteiger partial charge in [0.05, 0.1) is 0 Å². The van der Waals surface area contributed by atoms with Gasteiger partial charge >= 0.3 is 0 Å². The maximum atomic E-state index is 3.91. The van der Waals surface area contributed by atoms with Crippen molar-refractivity contribution in [1.29, 1.82) is 0 Å². The van der Waals surface area contributed by atoms with E-state index in [4.69, 9.17) is 0 Å². The molecule has 0 fully saturated rings. The Bertz CT molecular complexity index is 108. The van der Waals surface area contributed by atoms with Crippen molar-refractivity contribution >= 4 is 18.2 Å². The van der Waals surface area contributed by atoms with Crippen molar-refractivity contribution in [3.05, 3.63) is 11.5 Å². The number of hydrazone groups is 1. The van der Waals surface area contributed by atoms with Crippen LogP contribution in [-0.2, 0) is 0 Å². The summed E-state index contributed by atoms with van der Waals surface area (Å²) in [6, 6.07) is 0. The number of hydrogen-bond donors (Lipinski definition) is 0. The Hall–Kier alpha value is -0.440. The van der Waals surface area contributed by atoms with Gasteiger partial charge < -0.3 is 0 Å². The molecule has 0 unspecified atom stereocenters. The first-order valence-electron chi connectivity index (χ1n) is 1.99. The lowest BCUT2D eigenvalue weighted by atomic mass is 10.7. The molecule has 1 rings (SSSR count). The molecule has 0 aromatic heterocycles. The second-order valence-corrected chi connectivity index (χ2v) is 2.17. The summed E-state index contributed by atoms with van der Waals surface area (Å²) in [7, 11) is 1.91. The third kappa shape index (κ3) is 1.23. The minimum atomic E-state index is 1.57. The summed E-state index contributed by atoms with van der Waals surface area (Å²) in [5, 5.41) is 5.89. The predicted octanol–water partition coefficient (Wildman–Crippen LogP) is 1.08. The Morgan fingerprint density at radius 3 is 2.86 bits per heavy atom. The zero-order valence-corrected chi connectivity index (χ0v) is 4.85. The molecule has 38 valence electrons. The van der Waals surface area contributed by atoms with E-state index < -0.39 is 0 Å². The third-order valence-corrected chi connectivity index (χ3v) is 1.29. The van der Waals surface area contributed by atoms with Crippen molar-refractivity contribution in [1.82, 2.24) is 4.41 Å². The molecule has 0 aromatic rings. The van der Waals surface area contributed by atoms with E-state index in [1.165, 1.54) is 0 Å². The van der Waals surface area contributed by atoms with Crippen molar-refractivity contribution in [2.75, 3.05) is 7.05 Å². The minimum absolute atomic E-state index is 1.57. The Labute approximate surface area is 47.0 Å². The van der Waals surface area contributed by atoms with Gasteiger partial charge in [-0.1, -0.05) is 0 Å². The highest BCUT2D eigenvalue weighted by Gasteiger charge is 1.88. The summed E-state index contributed by atoms with van der Waals surface area (Å²) in [6.45, 7) is 0. The molecular weight excluding hydrogens is 108 g/mol. The smallest absolute Gasteiger partial charge is 0.0486 e. The van der Waals surface area contributed by atoms with Gasteiger partial charge in [0.15, 0.2) is 0 Å². The van der Waals surface area contributed by atoms with Crippen LogP contribution in [0.15, 0.2) is 16.6 Å². The zero-order valence-electron chi connectivity index (χ0n) is 4.03. The van der Waals surface area contributed by atoms with Gasteiger partial charge in [0.2, 0.25) is 0 Å². The summed E-state index contributed by atoms with van der Waals surface area (Å²) >= 11 is 1.57. The van der Waals surface area contributed by atoms with E-state index in [2.05, 4.69) is 5.10 Å². The van der Waals surface area contributed by atoms with Gasteiger partial charge in [0.1, 0.15) is 0 Å². The molecule has 0 radical (unpaired) electrons. The summed E-state index contributed by atoms with van der Waals surface area (Å²) in [6.07, 6.45) is 3.67. The number of nitrogens with zero attached hydrogens (tertiary/aromatic N) is 2. The van der Waals surface area contributed by atoms with Gasteiger partial charge in [0, 0.05) is 13.3 Å². The molecule has 1 aliphatic rings. The summed E-state index contributed by atoms with van der Waals surface area (Å²) < 4.78 is 1.79. The van der Waals surface area contributed by atoms with Crippen LogP contribution >= 0.6 is 11.9 Å². The first-order valence-corrected chi connectivity index (χ1v) is 2.83. The molecule has 0 N–H and O–H groups in total. The maximum absolute atomic E-state index is 3.91. The molecule has 0 spiro atoms. The van der Waals surface area contributed by atoms with Crippen LogP contribution in [0, 0.1) is 0 Å². The Morgan fingerprint density at radius 1 is 1.71 bits per heavy atom. The average Bonchev–Trinajstić information content (AvgIpc) is 1.69. The number of allylic oxidation sites excluding steroid dienone is 1. The van der Waals surface area contributed by atoms with Crippen molar-refractivity contribution in [3.63, 3.8) is 0 Å². The quantitative estimate of drug-likeness (QED) is 0.438. The number of rotatable bonds is 0. The monoisotopic (exact) mass is 114 g/mol. The average molecular weight is 114 g/mol. The van der Waals surface area contributed by atoms with Crippen molar-refractivity contribution < 1.29 is 0 Å². The summed E-state index contributed by atoms with van der Waals surface area (Å²) in [5.41, 5.74) is 0. The van der Waals surface area contributed by atoms with Gasteiger partial charge in [-0.15, -0.1) is 0 Å². The van der Waals surface area contributed by atoms with Gasteiger partial charge in [-0.2, -0.15) is 5.10 Å². The van der Waals surface area contributed by atoms with Gasteiger partial charge in [0.25, 0.3) is 0 Å². The summed E-state index contributed by atoms with van der Waals surface area (Å²) in [5.74, 6) is 0.